The van der Waals surface area contributed by atoms with Crippen molar-refractivity contribution in [2.45, 2.75) is 174 Å². The molecule has 326 valence electrons. The molecule has 0 unspecified atom stereocenters. The van der Waals surface area contributed by atoms with Crippen molar-refractivity contribution in [2.24, 2.45) is 50.2 Å². The van der Waals surface area contributed by atoms with Gasteiger partial charge in [0.1, 0.15) is 36.6 Å². The molecule has 0 aromatic heterocycles. The Hall–Kier alpha value is 0.733. The average Bonchev–Trinajstić information content (AvgIpc) is 3.13. The van der Waals surface area contributed by atoms with Crippen molar-refractivity contribution in [2.75, 3.05) is 0 Å². The van der Waals surface area contributed by atoms with Gasteiger partial charge in [-0.25, -0.2) is 9.59 Å². The summed E-state index contributed by atoms with van der Waals surface area (Å²) in [5, 5.41) is 83.0. The molecule has 7 aliphatic rings. The first kappa shape index (κ1) is 51.7. The second-order valence-corrected chi connectivity index (χ2v) is 20.6. The Morgan fingerprint density at radius 3 is 1.83 bits per heavy atom. The first-order chi connectivity index (χ1) is 26.8. The van der Waals surface area contributed by atoms with Gasteiger partial charge in [0.05, 0.1) is 11.5 Å². The zero-order chi connectivity index (χ0) is 42.9. The number of ketones is 1. The number of rotatable bonds is 7. The van der Waals surface area contributed by atoms with E-state index in [4.69, 9.17) is 18.9 Å². The van der Waals surface area contributed by atoms with Gasteiger partial charge in [-0.15, -0.1) is 0 Å². The summed E-state index contributed by atoms with van der Waals surface area (Å²) in [7, 11) is 0. The van der Waals surface area contributed by atoms with E-state index in [0.717, 1.165) is 37.7 Å². The third-order valence-electron chi connectivity index (χ3n) is 17.2. The quantitative estimate of drug-likeness (QED) is 0.0902. The summed E-state index contributed by atoms with van der Waals surface area (Å²) in [6.07, 6.45) is -12.2. The van der Waals surface area contributed by atoms with Crippen LogP contribution in [0.4, 0.5) is 0 Å². The molecule has 18 heteroatoms. The van der Waals surface area contributed by atoms with Crippen LogP contribution >= 0.6 is 0 Å². The zero-order valence-corrected chi connectivity index (χ0v) is 42.6. The van der Waals surface area contributed by atoms with Gasteiger partial charge < -0.3 is 59.8 Å². The fourth-order valence-electron chi connectivity index (χ4n) is 13.4. The van der Waals surface area contributed by atoms with Crippen LogP contribution in [0.3, 0.4) is 0 Å². The van der Waals surface area contributed by atoms with E-state index in [1.165, 1.54) is 0 Å². The Balaban J connectivity index is 0.00000341. The number of allylic oxidation sites excluding steroid dienone is 2. The molecule has 2 saturated heterocycles. The van der Waals surface area contributed by atoms with Crippen molar-refractivity contribution < 1.29 is 182 Å². The van der Waals surface area contributed by atoms with Crippen molar-refractivity contribution in [3.05, 3.63) is 11.6 Å². The van der Waals surface area contributed by atoms with Crippen molar-refractivity contribution >= 4 is 23.7 Å². The van der Waals surface area contributed by atoms with E-state index in [-0.39, 0.29) is 137 Å². The van der Waals surface area contributed by atoms with Crippen LogP contribution in [0.1, 0.15) is 106 Å². The maximum atomic E-state index is 14.8. The predicted octanol–water partition coefficient (Wildman–Crippen LogP) is -3.75. The van der Waals surface area contributed by atoms with E-state index < -0.39 is 107 Å². The van der Waals surface area contributed by atoms with Crippen LogP contribution in [-0.4, -0.2) is 132 Å². The van der Waals surface area contributed by atoms with E-state index >= 15 is 0 Å². The Morgan fingerprint density at radius 1 is 0.683 bits per heavy atom. The molecule has 60 heavy (non-hydrogen) atoms. The van der Waals surface area contributed by atoms with Gasteiger partial charge in [0.25, 0.3) is 0 Å². The number of carboxylic acid groups (broad SMARTS) is 3. The zero-order valence-electron chi connectivity index (χ0n) is 36.4. The van der Waals surface area contributed by atoms with Gasteiger partial charge in [-0.2, -0.15) is 0 Å². The Labute approximate surface area is 435 Å². The molecule has 19 atom stereocenters. The molecule has 0 radical (unpaired) electrons. The minimum absolute atomic E-state index is 0. The second kappa shape index (κ2) is 17.8. The first-order valence-electron chi connectivity index (χ1n) is 20.7. The summed E-state index contributed by atoms with van der Waals surface area (Å²) in [6, 6.07) is 0. The number of ether oxygens (including phenoxy) is 4. The third kappa shape index (κ3) is 7.97. The fraction of sp³-hybridized carbons (Fsp3) is 0.857. The van der Waals surface area contributed by atoms with Crippen LogP contribution in [0.15, 0.2) is 11.6 Å². The fourth-order valence-corrected chi connectivity index (χ4v) is 13.4. The van der Waals surface area contributed by atoms with Gasteiger partial charge >= 0.3 is 121 Å². The van der Waals surface area contributed by atoms with Crippen LogP contribution < -0.4 is 103 Å². The number of aliphatic hydroxyl groups is 5. The van der Waals surface area contributed by atoms with Gasteiger partial charge in [0.15, 0.2) is 30.6 Å². The van der Waals surface area contributed by atoms with Gasteiger partial charge in [0, 0.05) is 5.92 Å². The minimum atomic E-state index is -2.05. The van der Waals surface area contributed by atoms with Gasteiger partial charge in [-0.3, -0.25) is 9.59 Å². The monoisotopic (exact) mass is 900 g/mol. The molecule has 0 amide bonds. The molecule has 7 rings (SSSR count). The Kier molecular flexibility index (Phi) is 15.3. The van der Waals surface area contributed by atoms with Gasteiger partial charge in [-0.05, 0) is 110 Å². The van der Waals surface area contributed by atoms with E-state index in [1.54, 1.807) is 0 Å². The first-order valence-corrected chi connectivity index (χ1v) is 20.7. The smallest absolute Gasteiger partial charge is 0.481 e. The summed E-state index contributed by atoms with van der Waals surface area (Å²) >= 11 is 0. The number of hydrogen-bond donors (Lipinski definition) is 8. The summed E-state index contributed by atoms with van der Waals surface area (Å²) in [6.45, 7) is 14.8. The molecule has 0 aromatic carbocycles. The average molecular weight is 901 g/mol. The number of carbonyl (C=O) groups excluding carboxylic acids is 1. The molecule has 5 aliphatic carbocycles. The van der Waals surface area contributed by atoms with Crippen molar-refractivity contribution in [1.29, 1.82) is 0 Å². The number of fused-ring (bicyclic) bond motifs is 7. The van der Waals surface area contributed by atoms with Crippen LogP contribution in [0.5, 0.6) is 0 Å². The predicted molar refractivity (Wildman–Crippen MR) is 199 cm³/mol. The topological polar surface area (TPSA) is 267 Å². The Morgan fingerprint density at radius 2 is 1.25 bits per heavy atom. The van der Waals surface area contributed by atoms with Gasteiger partial charge in [-0.1, -0.05) is 47.1 Å². The normalized spacial score (nSPS) is 50.8. The van der Waals surface area contributed by atoms with E-state index in [9.17, 15) is 60.0 Å². The Bertz CT molecular complexity index is 1740. The molecule has 0 bridgehead atoms. The maximum absolute atomic E-state index is 14.8. The summed E-state index contributed by atoms with van der Waals surface area (Å²) < 4.78 is 23.4. The molecule has 2 aliphatic heterocycles. The molecule has 0 aromatic rings. The standard InChI is InChI=1S/C42H62O16.2K/c1-37(2)21-8-11-42(7)31(20(43)16-18-19-17-39(4,36(53)54)13-12-38(19,3)14-15-41(18,42)6)40(21,5)10-9-22(37)55-35-30(26(47)25(46)29(57-35)33(51)52)58-34-27(48)23(44)24(45)28(56-34)32(49)50;;/h16,19,21-31,34-35,44-48H,8-15,17H2,1-7H3,(H,49,50)(H,51,52)(H,53,54);;/q;2*+1/t19-,21-,22-,23-,24-,25-,26-,27+,28-,29-,30+,31+,34-,35-,38+,39-,40-,41+,42+;;/m0../s1. The van der Waals surface area contributed by atoms with Crippen molar-refractivity contribution in [3.63, 3.8) is 0 Å². The summed E-state index contributed by atoms with van der Waals surface area (Å²) in [5.74, 6) is -4.47. The molecule has 6 fully saturated rings. The number of carbonyl (C=O) groups is 4. The van der Waals surface area contributed by atoms with Crippen LogP contribution in [0.2, 0.25) is 0 Å². The molecule has 16 nitrogen and oxygen atoms in total. The van der Waals surface area contributed by atoms with E-state index in [1.807, 2.05) is 26.8 Å². The minimum Gasteiger partial charge on any atom is -0.481 e. The summed E-state index contributed by atoms with van der Waals surface area (Å²) in [4.78, 5) is 51.3. The molecule has 4 saturated carbocycles. The molecular formula is C42H62K2O16+2. The van der Waals surface area contributed by atoms with Crippen LogP contribution in [0.25, 0.3) is 0 Å². The second-order valence-electron chi connectivity index (χ2n) is 20.6. The van der Waals surface area contributed by atoms with Crippen molar-refractivity contribution in [1.82, 2.24) is 0 Å². The van der Waals surface area contributed by atoms with Crippen LogP contribution in [-0.2, 0) is 38.1 Å². The van der Waals surface area contributed by atoms with Crippen LogP contribution in [0, 0.1) is 50.2 Å². The molecule has 0 spiro atoms. The van der Waals surface area contributed by atoms with Crippen molar-refractivity contribution in [3.8, 4) is 0 Å². The van der Waals surface area contributed by atoms with E-state index in [0.29, 0.717) is 25.7 Å². The SMILES string of the molecule is CC1(C)[C@@H](O[C@H]2O[C@H](C(=O)O)[C@@H](O)[C@H](O)[C@H]2O[C@@H]2O[C@H](C(=O)O)[C@@H](O)[C@H](O)[C@H]2O)CC[C@]2(C)[C@H]3C(=O)C=C4[C@@H]5C[C@@](C)(C(=O)O)CC[C@]5(C)CC[C@@]4(C)[C@]3(C)CC[C@@H]12.[K+].[K+]. The molecule has 8 N–H and O–H groups in total. The molecular weight excluding hydrogens is 839 g/mol. The summed E-state index contributed by atoms with van der Waals surface area (Å²) in [5.41, 5.74) is -1.81. The molecule has 2 heterocycles. The largest absolute Gasteiger partial charge is 1.00 e. The van der Waals surface area contributed by atoms with E-state index in [2.05, 4.69) is 27.7 Å². The maximum Gasteiger partial charge on any atom is 1.00 e. The number of aliphatic hydroxyl groups excluding tert-OH is 5. The third-order valence-corrected chi connectivity index (χ3v) is 17.2. The van der Waals surface area contributed by atoms with Gasteiger partial charge in [0.2, 0.25) is 0 Å². The number of carboxylic acids is 3. The number of aliphatic carboxylic acids is 3. The number of hydrogen-bond acceptors (Lipinski definition) is 13.